The van der Waals surface area contributed by atoms with Gasteiger partial charge in [0.25, 0.3) is 5.56 Å². The second kappa shape index (κ2) is 9.93. The van der Waals surface area contributed by atoms with Crippen LogP contribution in [0, 0.1) is 0 Å². The minimum Gasteiger partial charge on any atom is -0.480 e. The standard InChI is InChI=1S/C17H21N3O5S/c1-25-8-7-20(10-16(22)23)15(21)6-9-26-11-14-18-13-5-3-2-4-12(13)17(24)19-14/h2-5H,6-11H2,1H3,(H,22,23)(H,18,19,24). The van der Waals surface area contributed by atoms with Gasteiger partial charge in [-0.15, -0.1) is 0 Å². The second-order valence-corrected chi connectivity index (χ2v) is 6.64. The number of nitrogens with zero attached hydrogens (tertiary/aromatic N) is 2. The summed E-state index contributed by atoms with van der Waals surface area (Å²) in [7, 11) is 1.50. The lowest BCUT2D eigenvalue weighted by atomic mass is 10.2. The summed E-state index contributed by atoms with van der Waals surface area (Å²) < 4.78 is 4.90. The number of carbonyl (C=O) groups excluding carboxylic acids is 1. The maximum Gasteiger partial charge on any atom is 0.323 e. The first-order valence-electron chi connectivity index (χ1n) is 8.05. The fourth-order valence-electron chi connectivity index (χ4n) is 2.35. The zero-order chi connectivity index (χ0) is 18.9. The van der Waals surface area contributed by atoms with E-state index in [1.807, 2.05) is 6.07 Å². The largest absolute Gasteiger partial charge is 0.480 e. The number of aromatic nitrogens is 2. The first kappa shape index (κ1) is 19.9. The van der Waals surface area contributed by atoms with Gasteiger partial charge < -0.3 is 19.7 Å². The molecule has 0 fully saturated rings. The van der Waals surface area contributed by atoms with Gasteiger partial charge in [0.2, 0.25) is 5.91 Å². The number of methoxy groups -OCH3 is 1. The van der Waals surface area contributed by atoms with Gasteiger partial charge in [0.1, 0.15) is 12.4 Å². The number of hydrogen-bond acceptors (Lipinski definition) is 6. The van der Waals surface area contributed by atoms with Crippen LogP contribution >= 0.6 is 11.8 Å². The number of ether oxygens (including phenoxy) is 1. The van der Waals surface area contributed by atoms with E-state index in [1.54, 1.807) is 18.2 Å². The van der Waals surface area contributed by atoms with E-state index in [9.17, 15) is 14.4 Å². The SMILES string of the molecule is COCCN(CC(=O)O)C(=O)CCSCc1nc2ccccc2c(=O)[nH]1. The molecule has 0 saturated heterocycles. The van der Waals surface area contributed by atoms with Crippen LogP contribution in [-0.2, 0) is 20.1 Å². The molecular weight excluding hydrogens is 358 g/mol. The number of aliphatic carboxylic acids is 1. The van der Waals surface area contributed by atoms with Crippen molar-refractivity contribution >= 4 is 34.5 Å². The molecule has 0 aliphatic carbocycles. The maximum absolute atomic E-state index is 12.1. The lowest BCUT2D eigenvalue weighted by Crippen LogP contribution is -2.38. The Labute approximate surface area is 154 Å². The molecule has 140 valence electrons. The molecule has 0 spiro atoms. The Kier molecular flexibility index (Phi) is 7.61. The number of nitrogens with one attached hydrogen (secondary N) is 1. The molecule has 0 radical (unpaired) electrons. The number of benzene rings is 1. The number of amides is 1. The number of carbonyl (C=O) groups is 2. The quantitative estimate of drug-likeness (QED) is 0.595. The van der Waals surface area contributed by atoms with E-state index in [-0.39, 0.29) is 37.6 Å². The zero-order valence-corrected chi connectivity index (χ0v) is 15.3. The third kappa shape index (κ3) is 5.85. The number of fused-ring (bicyclic) bond motifs is 1. The fourth-order valence-corrected chi connectivity index (χ4v) is 3.14. The third-order valence-corrected chi connectivity index (χ3v) is 4.58. The predicted molar refractivity (Wildman–Crippen MR) is 99.2 cm³/mol. The number of carboxylic acids is 1. The van der Waals surface area contributed by atoms with Crippen molar-refractivity contribution in [3.63, 3.8) is 0 Å². The van der Waals surface area contributed by atoms with Crippen LogP contribution < -0.4 is 5.56 Å². The first-order valence-corrected chi connectivity index (χ1v) is 9.21. The number of carboxylic acid groups (broad SMARTS) is 1. The highest BCUT2D eigenvalue weighted by Gasteiger charge is 2.16. The van der Waals surface area contributed by atoms with Crippen molar-refractivity contribution in [1.82, 2.24) is 14.9 Å². The minimum atomic E-state index is -1.06. The fraction of sp³-hybridized carbons (Fsp3) is 0.412. The van der Waals surface area contributed by atoms with Gasteiger partial charge in [0.05, 0.1) is 23.3 Å². The first-order chi connectivity index (χ1) is 12.5. The van der Waals surface area contributed by atoms with Crippen LogP contribution in [0.2, 0.25) is 0 Å². The number of hydrogen-bond donors (Lipinski definition) is 2. The van der Waals surface area contributed by atoms with Crippen molar-refractivity contribution in [2.45, 2.75) is 12.2 Å². The van der Waals surface area contributed by atoms with Crippen molar-refractivity contribution in [3.05, 3.63) is 40.4 Å². The lowest BCUT2D eigenvalue weighted by Gasteiger charge is -2.20. The van der Waals surface area contributed by atoms with Crippen LogP contribution in [0.4, 0.5) is 0 Å². The molecule has 2 N–H and O–H groups in total. The van der Waals surface area contributed by atoms with E-state index in [0.717, 1.165) is 0 Å². The summed E-state index contributed by atoms with van der Waals surface area (Å²) in [6.07, 6.45) is 0.208. The van der Waals surface area contributed by atoms with Crippen LogP contribution in [0.5, 0.6) is 0 Å². The molecule has 9 heteroatoms. The molecule has 0 aliphatic heterocycles. The Morgan fingerprint density at radius 1 is 1.35 bits per heavy atom. The smallest absolute Gasteiger partial charge is 0.323 e. The van der Waals surface area contributed by atoms with Crippen molar-refractivity contribution in [1.29, 1.82) is 0 Å². The highest BCUT2D eigenvalue weighted by atomic mass is 32.2. The van der Waals surface area contributed by atoms with Gasteiger partial charge in [0.15, 0.2) is 0 Å². The Morgan fingerprint density at radius 2 is 2.12 bits per heavy atom. The van der Waals surface area contributed by atoms with Crippen molar-refractivity contribution in [3.8, 4) is 0 Å². The number of thioether (sulfide) groups is 1. The van der Waals surface area contributed by atoms with E-state index < -0.39 is 5.97 Å². The topological polar surface area (TPSA) is 113 Å². The van der Waals surface area contributed by atoms with E-state index >= 15 is 0 Å². The molecule has 26 heavy (non-hydrogen) atoms. The lowest BCUT2D eigenvalue weighted by molar-refractivity contribution is -0.144. The van der Waals surface area contributed by atoms with Gasteiger partial charge in [-0.2, -0.15) is 11.8 Å². The number of para-hydroxylation sites is 1. The van der Waals surface area contributed by atoms with Crippen molar-refractivity contribution in [2.24, 2.45) is 0 Å². The number of aromatic amines is 1. The Balaban J connectivity index is 1.86. The highest BCUT2D eigenvalue weighted by Crippen LogP contribution is 2.12. The van der Waals surface area contributed by atoms with Crippen LogP contribution in [0.15, 0.2) is 29.1 Å². The molecule has 8 nitrogen and oxygen atoms in total. The summed E-state index contributed by atoms with van der Waals surface area (Å²) in [5, 5.41) is 9.42. The van der Waals surface area contributed by atoms with Gasteiger partial charge in [-0.05, 0) is 12.1 Å². The molecule has 0 saturated carbocycles. The molecule has 0 unspecified atom stereocenters. The third-order valence-electron chi connectivity index (χ3n) is 3.61. The minimum absolute atomic E-state index is 0.186. The van der Waals surface area contributed by atoms with Crippen LogP contribution in [0.3, 0.4) is 0 Å². The Bertz CT molecular complexity index is 823. The van der Waals surface area contributed by atoms with E-state index in [4.69, 9.17) is 9.84 Å². The zero-order valence-electron chi connectivity index (χ0n) is 14.4. The van der Waals surface area contributed by atoms with E-state index in [1.165, 1.54) is 23.8 Å². The molecular formula is C17H21N3O5S. The number of rotatable bonds is 10. The van der Waals surface area contributed by atoms with Gasteiger partial charge in [-0.1, -0.05) is 12.1 Å². The molecule has 0 bridgehead atoms. The molecule has 0 aliphatic rings. The van der Waals surface area contributed by atoms with Gasteiger partial charge in [-0.25, -0.2) is 4.98 Å². The van der Waals surface area contributed by atoms with E-state index in [2.05, 4.69) is 9.97 Å². The summed E-state index contributed by atoms with van der Waals surface area (Å²) in [4.78, 5) is 43.4. The summed E-state index contributed by atoms with van der Waals surface area (Å²) >= 11 is 1.45. The molecule has 2 rings (SSSR count). The summed E-state index contributed by atoms with van der Waals surface area (Å²) in [5.74, 6) is 0.216. The van der Waals surface area contributed by atoms with E-state index in [0.29, 0.717) is 28.2 Å². The highest BCUT2D eigenvalue weighted by molar-refractivity contribution is 7.98. The van der Waals surface area contributed by atoms with Crippen LogP contribution in [0.1, 0.15) is 12.2 Å². The normalized spacial score (nSPS) is 10.8. The molecule has 1 aromatic carbocycles. The number of H-pyrrole nitrogens is 1. The van der Waals surface area contributed by atoms with Gasteiger partial charge >= 0.3 is 5.97 Å². The average Bonchev–Trinajstić information content (AvgIpc) is 2.62. The molecule has 2 aromatic rings. The molecule has 1 amide bonds. The summed E-state index contributed by atoms with van der Waals surface area (Å²) in [6, 6.07) is 7.10. The van der Waals surface area contributed by atoms with Crippen LogP contribution in [0.25, 0.3) is 10.9 Å². The second-order valence-electron chi connectivity index (χ2n) is 5.53. The van der Waals surface area contributed by atoms with Gasteiger partial charge in [0, 0.05) is 25.8 Å². The predicted octanol–water partition coefficient (Wildman–Crippen LogP) is 1.11. The maximum atomic E-state index is 12.1. The van der Waals surface area contributed by atoms with Crippen molar-refractivity contribution < 1.29 is 19.4 Å². The summed E-state index contributed by atoms with van der Waals surface area (Å²) in [5.41, 5.74) is 0.449. The monoisotopic (exact) mass is 379 g/mol. The molecule has 1 aromatic heterocycles. The molecule has 0 atom stereocenters. The Hall–Kier alpha value is -2.39. The Morgan fingerprint density at radius 3 is 2.85 bits per heavy atom. The molecule has 1 heterocycles. The van der Waals surface area contributed by atoms with Gasteiger partial charge in [-0.3, -0.25) is 14.4 Å². The van der Waals surface area contributed by atoms with Crippen LogP contribution in [-0.4, -0.2) is 64.4 Å². The summed E-state index contributed by atoms with van der Waals surface area (Å²) in [6.45, 7) is 0.187. The average molecular weight is 379 g/mol. The van der Waals surface area contributed by atoms with Crippen molar-refractivity contribution in [2.75, 3.05) is 32.6 Å².